The van der Waals surface area contributed by atoms with E-state index in [0.717, 1.165) is 17.1 Å². The van der Waals surface area contributed by atoms with Crippen molar-refractivity contribution in [2.45, 2.75) is 13.8 Å². The molecule has 5 nitrogen and oxygen atoms in total. The Morgan fingerprint density at radius 3 is 2.55 bits per heavy atom. The fourth-order valence-electron chi connectivity index (χ4n) is 1.86. The van der Waals surface area contributed by atoms with Crippen molar-refractivity contribution in [2.24, 2.45) is 5.92 Å². The van der Waals surface area contributed by atoms with Gasteiger partial charge in [-0.3, -0.25) is 9.78 Å². The summed E-state index contributed by atoms with van der Waals surface area (Å²) in [7, 11) is 1.63. The quantitative estimate of drug-likeness (QED) is 0.859. The number of pyridine rings is 1. The number of aromatic nitrogens is 1. The van der Waals surface area contributed by atoms with Crippen LogP contribution in [0.1, 0.15) is 24.3 Å². The predicted molar refractivity (Wildman–Crippen MR) is 87.7 cm³/mol. The van der Waals surface area contributed by atoms with Crippen molar-refractivity contribution in [1.29, 1.82) is 0 Å². The second kappa shape index (κ2) is 7.45. The number of carbonyl (C=O) groups is 1. The molecule has 0 spiro atoms. The second-order valence-electron chi connectivity index (χ2n) is 5.39. The first-order valence-electron chi connectivity index (χ1n) is 7.24. The lowest BCUT2D eigenvalue weighted by atomic mass is 10.2. The molecule has 1 aromatic heterocycles. The minimum atomic E-state index is -0.160. The molecule has 0 unspecified atom stereocenters. The monoisotopic (exact) mass is 299 g/mol. The summed E-state index contributed by atoms with van der Waals surface area (Å²) < 4.78 is 5.13. The molecular formula is C17H21N3O2. The van der Waals surface area contributed by atoms with Gasteiger partial charge >= 0.3 is 0 Å². The SMILES string of the molecule is COc1ccc(Nc2ccnc(C(=O)NCC(C)C)c2)cc1. The van der Waals surface area contributed by atoms with Gasteiger partial charge in [0.2, 0.25) is 0 Å². The standard InChI is InChI=1S/C17H21N3O2/c1-12(2)11-19-17(21)16-10-14(8-9-18-16)20-13-4-6-15(22-3)7-5-13/h4-10,12H,11H2,1-3H3,(H,18,20)(H,19,21). The molecule has 22 heavy (non-hydrogen) atoms. The van der Waals surface area contributed by atoms with Crippen LogP contribution >= 0.6 is 0 Å². The fourth-order valence-corrected chi connectivity index (χ4v) is 1.86. The number of rotatable bonds is 6. The molecule has 5 heteroatoms. The molecule has 0 saturated carbocycles. The molecule has 0 fully saturated rings. The molecule has 2 aromatic rings. The molecular weight excluding hydrogens is 278 g/mol. The summed E-state index contributed by atoms with van der Waals surface area (Å²) in [5.41, 5.74) is 2.13. The molecule has 0 saturated heterocycles. The summed E-state index contributed by atoms with van der Waals surface area (Å²) in [4.78, 5) is 16.1. The summed E-state index contributed by atoms with van der Waals surface area (Å²) in [5.74, 6) is 1.05. The van der Waals surface area contributed by atoms with Gasteiger partial charge in [0, 0.05) is 24.1 Å². The van der Waals surface area contributed by atoms with Gasteiger partial charge < -0.3 is 15.4 Å². The zero-order valence-corrected chi connectivity index (χ0v) is 13.1. The van der Waals surface area contributed by atoms with E-state index in [4.69, 9.17) is 4.74 Å². The van der Waals surface area contributed by atoms with Crippen LogP contribution in [0.25, 0.3) is 0 Å². The van der Waals surface area contributed by atoms with Crippen molar-refractivity contribution in [2.75, 3.05) is 19.0 Å². The normalized spacial score (nSPS) is 10.4. The van der Waals surface area contributed by atoms with Crippen molar-refractivity contribution in [3.63, 3.8) is 0 Å². The Labute approximate surface area is 130 Å². The molecule has 1 aromatic carbocycles. The minimum Gasteiger partial charge on any atom is -0.497 e. The lowest BCUT2D eigenvalue weighted by Gasteiger charge is -2.10. The number of hydrogen-bond acceptors (Lipinski definition) is 4. The first kappa shape index (κ1) is 15.8. The lowest BCUT2D eigenvalue weighted by Crippen LogP contribution is -2.28. The van der Waals surface area contributed by atoms with Crippen LogP contribution in [0.2, 0.25) is 0 Å². The van der Waals surface area contributed by atoms with Gasteiger partial charge in [0.25, 0.3) is 5.91 Å². The summed E-state index contributed by atoms with van der Waals surface area (Å²) in [5, 5.41) is 6.10. The van der Waals surface area contributed by atoms with Crippen LogP contribution in [0.3, 0.4) is 0 Å². The molecule has 0 aliphatic heterocycles. The maximum atomic E-state index is 12.0. The summed E-state index contributed by atoms with van der Waals surface area (Å²) in [6.07, 6.45) is 1.62. The van der Waals surface area contributed by atoms with Crippen LogP contribution < -0.4 is 15.4 Å². The predicted octanol–water partition coefficient (Wildman–Crippen LogP) is 3.22. The number of hydrogen-bond donors (Lipinski definition) is 2. The molecule has 1 amide bonds. The number of carbonyl (C=O) groups excluding carboxylic acids is 1. The molecule has 1 heterocycles. The highest BCUT2D eigenvalue weighted by atomic mass is 16.5. The maximum absolute atomic E-state index is 12.0. The fraction of sp³-hybridized carbons (Fsp3) is 0.294. The highest BCUT2D eigenvalue weighted by molar-refractivity contribution is 5.93. The number of amides is 1. The molecule has 0 aliphatic rings. The average molecular weight is 299 g/mol. The van der Waals surface area contributed by atoms with E-state index in [9.17, 15) is 4.79 Å². The van der Waals surface area contributed by atoms with E-state index >= 15 is 0 Å². The van der Waals surface area contributed by atoms with Gasteiger partial charge in [-0.05, 0) is 42.3 Å². The van der Waals surface area contributed by atoms with Crippen LogP contribution in [0, 0.1) is 5.92 Å². The number of ether oxygens (including phenoxy) is 1. The Morgan fingerprint density at radius 2 is 1.91 bits per heavy atom. The molecule has 2 rings (SSSR count). The largest absolute Gasteiger partial charge is 0.497 e. The van der Waals surface area contributed by atoms with Gasteiger partial charge in [-0.15, -0.1) is 0 Å². The van der Waals surface area contributed by atoms with Crippen molar-refractivity contribution < 1.29 is 9.53 Å². The van der Waals surface area contributed by atoms with Gasteiger partial charge in [0.1, 0.15) is 11.4 Å². The van der Waals surface area contributed by atoms with Gasteiger partial charge in [-0.2, -0.15) is 0 Å². The second-order valence-corrected chi connectivity index (χ2v) is 5.39. The van der Waals surface area contributed by atoms with E-state index in [1.807, 2.05) is 30.3 Å². The highest BCUT2D eigenvalue weighted by Crippen LogP contribution is 2.20. The zero-order chi connectivity index (χ0) is 15.9. The van der Waals surface area contributed by atoms with Crippen molar-refractivity contribution >= 4 is 17.3 Å². The Bertz CT molecular complexity index is 624. The van der Waals surface area contributed by atoms with Crippen LogP contribution in [-0.2, 0) is 0 Å². The van der Waals surface area contributed by atoms with Crippen LogP contribution in [0.4, 0.5) is 11.4 Å². The van der Waals surface area contributed by atoms with Crippen LogP contribution in [0.5, 0.6) is 5.75 Å². The van der Waals surface area contributed by atoms with E-state index in [1.165, 1.54) is 0 Å². The average Bonchev–Trinajstić information content (AvgIpc) is 2.53. The van der Waals surface area contributed by atoms with E-state index < -0.39 is 0 Å². The topological polar surface area (TPSA) is 63.2 Å². The Hall–Kier alpha value is -2.56. The highest BCUT2D eigenvalue weighted by Gasteiger charge is 2.08. The minimum absolute atomic E-state index is 0.160. The number of nitrogens with zero attached hydrogens (tertiary/aromatic N) is 1. The van der Waals surface area contributed by atoms with Gasteiger partial charge in [0.15, 0.2) is 0 Å². The lowest BCUT2D eigenvalue weighted by molar-refractivity contribution is 0.0944. The number of methoxy groups -OCH3 is 1. The zero-order valence-electron chi connectivity index (χ0n) is 13.1. The molecule has 116 valence electrons. The molecule has 0 bridgehead atoms. The van der Waals surface area contributed by atoms with Crippen molar-refractivity contribution in [1.82, 2.24) is 10.3 Å². The third kappa shape index (κ3) is 4.48. The summed E-state index contributed by atoms with van der Waals surface area (Å²) in [6, 6.07) is 11.1. The van der Waals surface area contributed by atoms with E-state index in [1.54, 1.807) is 19.4 Å². The van der Waals surface area contributed by atoms with Gasteiger partial charge in [0.05, 0.1) is 7.11 Å². The maximum Gasteiger partial charge on any atom is 0.269 e. The van der Waals surface area contributed by atoms with Crippen molar-refractivity contribution in [3.05, 3.63) is 48.3 Å². The Kier molecular flexibility index (Phi) is 5.36. The van der Waals surface area contributed by atoms with E-state index in [2.05, 4.69) is 29.5 Å². The van der Waals surface area contributed by atoms with Crippen molar-refractivity contribution in [3.8, 4) is 5.75 Å². The number of anilines is 2. The summed E-state index contributed by atoms with van der Waals surface area (Å²) >= 11 is 0. The van der Waals surface area contributed by atoms with E-state index in [0.29, 0.717) is 18.2 Å². The third-order valence-corrected chi connectivity index (χ3v) is 3.04. The first-order chi connectivity index (χ1) is 10.6. The Morgan fingerprint density at radius 1 is 1.18 bits per heavy atom. The van der Waals surface area contributed by atoms with Crippen LogP contribution in [0.15, 0.2) is 42.6 Å². The molecule has 0 radical (unpaired) electrons. The Balaban J connectivity index is 2.05. The van der Waals surface area contributed by atoms with Gasteiger partial charge in [-0.25, -0.2) is 0 Å². The van der Waals surface area contributed by atoms with E-state index in [-0.39, 0.29) is 5.91 Å². The molecule has 0 aliphatic carbocycles. The third-order valence-electron chi connectivity index (χ3n) is 3.04. The molecule has 2 N–H and O–H groups in total. The van der Waals surface area contributed by atoms with Gasteiger partial charge in [-0.1, -0.05) is 13.8 Å². The number of nitrogens with one attached hydrogen (secondary N) is 2. The smallest absolute Gasteiger partial charge is 0.269 e. The summed E-state index contributed by atoms with van der Waals surface area (Å²) in [6.45, 7) is 4.74. The molecule has 0 atom stereocenters. The van der Waals surface area contributed by atoms with Crippen LogP contribution in [-0.4, -0.2) is 24.5 Å². The number of benzene rings is 1. The first-order valence-corrected chi connectivity index (χ1v) is 7.24.